The van der Waals surface area contributed by atoms with Gasteiger partial charge in [0.15, 0.2) is 0 Å². The van der Waals surface area contributed by atoms with Crippen LogP contribution in [-0.2, 0) is 10.3 Å². The number of halogens is 2. The molecule has 1 unspecified atom stereocenters. The van der Waals surface area contributed by atoms with Crippen molar-refractivity contribution in [1.29, 1.82) is 0 Å². The minimum Gasteiger partial charge on any atom is -0.346 e. The van der Waals surface area contributed by atoms with E-state index in [0.717, 1.165) is 50.2 Å². The van der Waals surface area contributed by atoms with Gasteiger partial charge in [0.2, 0.25) is 5.91 Å². The third kappa shape index (κ3) is 3.18. The van der Waals surface area contributed by atoms with Crippen molar-refractivity contribution in [2.24, 2.45) is 11.3 Å². The van der Waals surface area contributed by atoms with Gasteiger partial charge in [-0.3, -0.25) is 4.79 Å². The van der Waals surface area contributed by atoms with Crippen LogP contribution >= 0.6 is 24.0 Å². The second-order valence-corrected chi connectivity index (χ2v) is 8.09. The van der Waals surface area contributed by atoms with Crippen LogP contribution in [0.1, 0.15) is 50.5 Å². The van der Waals surface area contributed by atoms with Crippen LogP contribution in [0.15, 0.2) is 24.3 Å². The fourth-order valence-electron chi connectivity index (χ4n) is 4.75. The number of benzene rings is 1. The average molecular weight is 369 g/mol. The van der Waals surface area contributed by atoms with E-state index in [0.29, 0.717) is 5.41 Å². The van der Waals surface area contributed by atoms with Gasteiger partial charge in [-0.2, -0.15) is 0 Å². The molecule has 1 aliphatic heterocycles. The predicted octanol–water partition coefficient (Wildman–Crippen LogP) is 4.04. The lowest BCUT2D eigenvalue weighted by atomic mass is 9.87. The lowest BCUT2D eigenvalue weighted by molar-refractivity contribution is -0.125. The Bertz CT molecular complexity index is 590. The molecule has 1 amide bonds. The van der Waals surface area contributed by atoms with E-state index >= 15 is 0 Å². The van der Waals surface area contributed by atoms with E-state index in [1.54, 1.807) is 0 Å². The molecule has 0 aromatic heterocycles. The van der Waals surface area contributed by atoms with Crippen molar-refractivity contribution in [3.8, 4) is 0 Å². The summed E-state index contributed by atoms with van der Waals surface area (Å²) >= 11 is 6.03. The molecule has 1 aromatic carbocycles. The van der Waals surface area contributed by atoms with Gasteiger partial charge in [-0.1, -0.05) is 36.6 Å². The Labute approximate surface area is 155 Å². The molecule has 2 saturated carbocycles. The van der Waals surface area contributed by atoms with Gasteiger partial charge in [-0.25, -0.2) is 0 Å². The van der Waals surface area contributed by atoms with E-state index in [4.69, 9.17) is 11.6 Å². The number of rotatable bonds is 3. The quantitative estimate of drug-likeness (QED) is 0.845. The smallest absolute Gasteiger partial charge is 0.224 e. The predicted molar refractivity (Wildman–Crippen MR) is 99.6 cm³/mol. The molecule has 1 aromatic rings. The van der Waals surface area contributed by atoms with Crippen LogP contribution in [0, 0.1) is 11.3 Å². The van der Waals surface area contributed by atoms with Gasteiger partial charge < -0.3 is 10.6 Å². The maximum Gasteiger partial charge on any atom is 0.224 e. The van der Waals surface area contributed by atoms with Gasteiger partial charge in [0.05, 0.1) is 5.54 Å². The SMILES string of the molecule is Cl.O=C(NC1(c2ccc(Cl)cc2)CCCC1)C1CC12CCNCC2. The number of carbonyl (C=O) groups is 1. The lowest BCUT2D eigenvalue weighted by Gasteiger charge is -2.32. The summed E-state index contributed by atoms with van der Waals surface area (Å²) in [5.74, 6) is 0.512. The molecule has 4 rings (SSSR count). The zero-order valence-electron chi connectivity index (χ0n) is 13.9. The van der Waals surface area contributed by atoms with Crippen molar-refractivity contribution >= 4 is 29.9 Å². The molecule has 1 atom stereocenters. The van der Waals surface area contributed by atoms with E-state index < -0.39 is 0 Å². The summed E-state index contributed by atoms with van der Waals surface area (Å²) in [5, 5.41) is 7.62. The molecule has 132 valence electrons. The van der Waals surface area contributed by atoms with Gasteiger partial charge in [-0.15, -0.1) is 12.4 Å². The Morgan fingerprint density at radius 1 is 1.08 bits per heavy atom. The highest BCUT2D eigenvalue weighted by molar-refractivity contribution is 6.30. The molecule has 1 spiro atoms. The monoisotopic (exact) mass is 368 g/mol. The molecule has 2 aliphatic carbocycles. The first-order chi connectivity index (χ1) is 11.1. The summed E-state index contributed by atoms with van der Waals surface area (Å²) < 4.78 is 0. The Kier molecular flexibility index (Phi) is 5.15. The molecule has 0 bridgehead atoms. The van der Waals surface area contributed by atoms with Crippen LogP contribution in [0.4, 0.5) is 0 Å². The number of carbonyl (C=O) groups excluding carboxylic acids is 1. The van der Waals surface area contributed by atoms with E-state index in [9.17, 15) is 4.79 Å². The summed E-state index contributed by atoms with van der Waals surface area (Å²) in [6.45, 7) is 2.12. The third-order valence-electron chi connectivity index (χ3n) is 6.32. The Hall–Kier alpha value is -0.770. The maximum absolute atomic E-state index is 12.9. The second-order valence-electron chi connectivity index (χ2n) is 7.65. The van der Waals surface area contributed by atoms with E-state index in [2.05, 4.69) is 22.8 Å². The highest BCUT2D eigenvalue weighted by atomic mass is 35.5. The molecule has 24 heavy (non-hydrogen) atoms. The van der Waals surface area contributed by atoms with Gasteiger partial charge in [0.1, 0.15) is 0 Å². The summed E-state index contributed by atoms with van der Waals surface area (Å²) in [4.78, 5) is 12.9. The fraction of sp³-hybridized carbons (Fsp3) is 0.632. The van der Waals surface area contributed by atoms with E-state index in [-0.39, 0.29) is 29.8 Å². The average Bonchev–Trinajstić information content (AvgIpc) is 3.04. The van der Waals surface area contributed by atoms with Crippen LogP contribution in [0.2, 0.25) is 5.02 Å². The minimum atomic E-state index is -0.168. The Morgan fingerprint density at radius 3 is 2.33 bits per heavy atom. The first kappa shape index (κ1) is 18.0. The summed E-state index contributed by atoms with van der Waals surface area (Å²) in [6.07, 6.45) is 7.84. The van der Waals surface area contributed by atoms with Crippen LogP contribution in [0.25, 0.3) is 0 Å². The fourth-order valence-corrected chi connectivity index (χ4v) is 4.88. The van der Waals surface area contributed by atoms with Crippen LogP contribution in [0.5, 0.6) is 0 Å². The molecule has 2 N–H and O–H groups in total. The summed E-state index contributed by atoms with van der Waals surface area (Å²) in [5.41, 5.74) is 1.35. The van der Waals surface area contributed by atoms with Crippen molar-refractivity contribution in [1.82, 2.24) is 10.6 Å². The van der Waals surface area contributed by atoms with Crippen molar-refractivity contribution in [2.75, 3.05) is 13.1 Å². The number of piperidine rings is 1. The van der Waals surface area contributed by atoms with Gasteiger partial charge in [0, 0.05) is 10.9 Å². The lowest BCUT2D eigenvalue weighted by Crippen LogP contribution is -2.45. The standard InChI is InChI=1S/C19H25ClN2O.ClH/c20-15-5-3-14(4-6-15)19(7-1-2-8-19)22-17(23)16-13-18(16)9-11-21-12-10-18;/h3-6,16,21H,1-2,7-13H2,(H,22,23);1H. The zero-order chi connectivity index (χ0) is 15.9. The van der Waals surface area contributed by atoms with Gasteiger partial charge in [-0.05, 0) is 68.3 Å². The molecule has 3 fully saturated rings. The number of hydrogen-bond acceptors (Lipinski definition) is 2. The number of hydrogen-bond donors (Lipinski definition) is 2. The molecule has 3 nitrogen and oxygen atoms in total. The molecule has 0 radical (unpaired) electrons. The second kappa shape index (κ2) is 6.86. The largest absolute Gasteiger partial charge is 0.346 e. The molecule has 1 heterocycles. The van der Waals surface area contributed by atoms with Crippen LogP contribution in [0.3, 0.4) is 0 Å². The topological polar surface area (TPSA) is 41.1 Å². The number of amides is 1. The molecule has 3 aliphatic rings. The molecular formula is C19H26Cl2N2O. The van der Waals surface area contributed by atoms with Crippen LogP contribution in [-0.4, -0.2) is 19.0 Å². The van der Waals surface area contributed by atoms with E-state index in [1.165, 1.54) is 18.4 Å². The molecule has 1 saturated heterocycles. The van der Waals surface area contributed by atoms with Crippen molar-refractivity contribution in [3.05, 3.63) is 34.9 Å². The molecule has 5 heteroatoms. The Morgan fingerprint density at radius 2 is 1.71 bits per heavy atom. The van der Waals surface area contributed by atoms with Crippen LogP contribution < -0.4 is 10.6 Å². The van der Waals surface area contributed by atoms with Gasteiger partial charge >= 0.3 is 0 Å². The summed E-state index contributed by atoms with van der Waals surface area (Å²) in [6, 6.07) is 8.05. The minimum absolute atomic E-state index is 0. The van der Waals surface area contributed by atoms with Crippen molar-refractivity contribution in [2.45, 2.75) is 50.5 Å². The summed E-state index contributed by atoms with van der Waals surface area (Å²) in [7, 11) is 0. The van der Waals surface area contributed by atoms with Gasteiger partial charge in [0.25, 0.3) is 0 Å². The van der Waals surface area contributed by atoms with Crippen molar-refractivity contribution in [3.63, 3.8) is 0 Å². The van der Waals surface area contributed by atoms with Crippen molar-refractivity contribution < 1.29 is 4.79 Å². The maximum atomic E-state index is 12.9. The highest BCUT2D eigenvalue weighted by Gasteiger charge is 2.58. The highest BCUT2D eigenvalue weighted by Crippen LogP contribution is 2.59. The Balaban J connectivity index is 0.00000169. The first-order valence-electron chi connectivity index (χ1n) is 8.92. The first-order valence-corrected chi connectivity index (χ1v) is 9.30. The molecular weight excluding hydrogens is 343 g/mol. The van der Waals surface area contributed by atoms with E-state index in [1.807, 2.05) is 12.1 Å². The zero-order valence-corrected chi connectivity index (χ0v) is 15.5. The normalized spacial score (nSPS) is 26.6. The third-order valence-corrected chi connectivity index (χ3v) is 6.57. The number of nitrogens with one attached hydrogen (secondary N) is 2.